The van der Waals surface area contributed by atoms with Crippen LogP contribution in [-0.4, -0.2) is 28.8 Å². The molecule has 4 nitrogen and oxygen atoms in total. The van der Waals surface area contributed by atoms with Crippen molar-refractivity contribution in [3.63, 3.8) is 0 Å². The summed E-state index contributed by atoms with van der Waals surface area (Å²) in [5.74, 6) is -0.0823. The van der Waals surface area contributed by atoms with E-state index in [1.165, 1.54) is 6.07 Å². The van der Waals surface area contributed by atoms with Gasteiger partial charge in [0.2, 0.25) is 0 Å². The highest BCUT2D eigenvalue weighted by Gasteiger charge is 2.07. The van der Waals surface area contributed by atoms with Crippen LogP contribution < -0.4 is 5.32 Å². The SMILES string of the molecule is Cc1cc(C(=O)NCC(C)O)ccc1O. The van der Waals surface area contributed by atoms with E-state index in [9.17, 15) is 9.90 Å². The van der Waals surface area contributed by atoms with Gasteiger partial charge in [-0.25, -0.2) is 0 Å². The lowest BCUT2D eigenvalue weighted by Crippen LogP contribution is -2.30. The van der Waals surface area contributed by atoms with Crippen LogP contribution in [0.15, 0.2) is 18.2 Å². The maximum atomic E-state index is 11.5. The lowest BCUT2D eigenvalue weighted by molar-refractivity contribution is 0.0924. The van der Waals surface area contributed by atoms with Crippen molar-refractivity contribution in [2.45, 2.75) is 20.0 Å². The summed E-state index contributed by atoms with van der Waals surface area (Å²) >= 11 is 0. The van der Waals surface area contributed by atoms with Gasteiger partial charge in [0.25, 0.3) is 5.91 Å². The number of benzene rings is 1. The van der Waals surface area contributed by atoms with E-state index in [1.54, 1.807) is 26.0 Å². The summed E-state index contributed by atoms with van der Waals surface area (Å²) in [4.78, 5) is 11.5. The van der Waals surface area contributed by atoms with Gasteiger partial charge in [0.15, 0.2) is 0 Å². The first kappa shape index (κ1) is 11.5. The average molecular weight is 209 g/mol. The van der Waals surface area contributed by atoms with Crippen molar-refractivity contribution < 1.29 is 15.0 Å². The Morgan fingerprint density at radius 2 is 2.20 bits per heavy atom. The molecule has 0 fully saturated rings. The Morgan fingerprint density at radius 3 is 2.73 bits per heavy atom. The van der Waals surface area contributed by atoms with E-state index in [4.69, 9.17) is 5.11 Å². The summed E-state index contributed by atoms with van der Waals surface area (Å²) in [5.41, 5.74) is 1.13. The van der Waals surface area contributed by atoms with Crippen LogP contribution in [0.1, 0.15) is 22.8 Å². The van der Waals surface area contributed by atoms with Crippen LogP contribution in [0, 0.1) is 6.92 Å². The van der Waals surface area contributed by atoms with E-state index < -0.39 is 6.10 Å². The van der Waals surface area contributed by atoms with Gasteiger partial charge in [0.1, 0.15) is 5.75 Å². The Bertz CT molecular complexity index is 361. The van der Waals surface area contributed by atoms with Crippen LogP contribution in [0.2, 0.25) is 0 Å². The molecule has 1 rings (SSSR count). The minimum Gasteiger partial charge on any atom is -0.508 e. The summed E-state index contributed by atoms with van der Waals surface area (Å²) < 4.78 is 0. The van der Waals surface area contributed by atoms with Gasteiger partial charge in [-0.2, -0.15) is 0 Å². The molecule has 0 aliphatic carbocycles. The molecule has 1 aromatic carbocycles. The number of phenols is 1. The fourth-order valence-corrected chi connectivity index (χ4v) is 1.14. The molecule has 0 radical (unpaired) electrons. The normalized spacial score (nSPS) is 12.2. The van der Waals surface area contributed by atoms with E-state index in [1.807, 2.05) is 0 Å². The van der Waals surface area contributed by atoms with Crippen molar-refractivity contribution in [2.24, 2.45) is 0 Å². The number of aliphatic hydroxyl groups excluding tert-OH is 1. The molecule has 1 unspecified atom stereocenters. The third kappa shape index (κ3) is 3.25. The van der Waals surface area contributed by atoms with Gasteiger partial charge in [0, 0.05) is 12.1 Å². The fraction of sp³-hybridized carbons (Fsp3) is 0.364. The maximum absolute atomic E-state index is 11.5. The smallest absolute Gasteiger partial charge is 0.251 e. The molecule has 0 heterocycles. The van der Waals surface area contributed by atoms with Gasteiger partial charge >= 0.3 is 0 Å². The number of aryl methyl sites for hydroxylation is 1. The topological polar surface area (TPSA) is 69.6 Å². The monoisotopic (exact) mass is 209 g/mol. The Kier molecular flexibility index (Phi) is 3.68. The van der Waals surface area contributed by atoms with Crippen LogP contribution in [0.25, 0.3) is 0 Å². The average Bonchev–Trinajstić information content (AvgIpc) is 2.18. The number of aliphatic hydroxyl groups is 1. The molecule has 4 heteroatoms. The predicted octanol–water partition coefficient (Wildman–Crippen LogP) is 0.811. The molecule has 82 valence electrons. The molecule has 15 heavy (non-hydrogen) atoms. The molecule has 3 N–H and O–H groups in total. The number of hydrogen-bond acceptors (Lipinski definition) is 3. The fourth-order valence-electron chi connectivity index (χ4n) is 1.14. The van der Waals surface area contributed by atoms with E-state index in [2.05, 4.69) is 5.32 Å². The Balaban J connectivity index is 2.70. The standard InChI is InChI=1S/C11H15NO3/c1-7-5-9(3-4-10(7)14)11(15)12-6-8(2)13/h3-5,8,13-14H,6H2,1-2H3,(H,12,15). The largest absolute Gasteiger partial charge is 0.508 e. The van der Waals surface area contributed by atoms with E-state index in [0.29, 0.717) is 11.1 Å². The van der Waals surface area contributed by atoms with Crippen molar-refractivity contribution >= 4 is 5.91 Å². The number of carbonyl (C=O) groups is 1. The van der Waals surface area contributed by atoms with Gasteiger partial charge in [0.05, 0.1) is 6.10 Å². The maximum Gasteiger partial charge on any atom is 0.251 e. The molecule has 1 aromatic rings. The highest BCUT2D eigenvalue weighted by molar-refractivity contribution is 5.94. The number of amides is 1. The third-order valence-electron chi connectivity index (χ3n) is 2.02. The predicted molar refractivity (Wildman–Crippen MR) is 56.9 cm³/mol. The molecule has 0 spiro atoms. The number of hydrogen-bond donors (Lipinski definition) is 3. The van der Waals surface area contributed by atoms with Crippen molar-refractivity contribution in [2.75, 3.05) is 6.54 Å². The molecule has 0 saturated heterocycles. The molecule has 0 aliphatic heterocycles. The zero-order chi connectivity index (χ0) is 11.4. The number of aromatic hydroxyl groups is 1. The minimum atomic E-state index is -0.563. The van der Waals surface area contributed by atoms with Crippen molar-refractivity contribution in [1.29, 1.82) is 0 Å². The number of rotatable bonds is 3. The Labute approximate surface area is 88.6 Å². The Hall–Kier alpha value is -1.55. The Morgan fingerprint density at radius 1 is 1.53 bits per heavy atom. The van der Waals surface area contributed by atoms with Crippen LogP contribution in [0.4, 0.5) is 0 Å². The second kappa shape index (κ2) is 4.79. The number of nitrogens with one attached hydrogen (secondary N) is 1. The lowest BCUT2D eigenvalue weighted by Gasteiger charge is -2.08. The van der Waals surface area contributed by atoms with Crippen molar-refractivity contribution in [3.05, 3.63) is 29.3 Å². The van der Waals surface area contributed by atoms with Crippen LogP contribution in [0.5, 0.6) is 5.75 Å². The molecule has 0 aromatic heterocycles. The third-order valence-corrected chi connectivity index (χ3v) is 2.02. The summed E-state index contributed by atoms with van der Waals surface area (Å²) in [6.07, 6.45) is -0.563. The second-order valence-corrected chi connectivity index (χ2v) is 3.56. The number of carbonyl (C=O) groups excluding carboxylic acids is 1. The molecular weight excluding hydrogens is 194 g/mol. The van der Waals surface area contributed by atoms with Crippen LogP contribution in [0.3, 0.4) is 0 Å². The van der Waals surface area contributed by atoms with Crippen molar-refractivity contribution in [3.8, 4) is 5.75 Å². The van der Waals surface area contributed by atoms with E-state index in [-0.39, 0.29) is 18.2 Å². The zero-order valence-corrected chi connectivity index (χ0v) is 8.82. The zero-order valence-electron chi connectivity index (χ0n) is 8.82. The summed E-state index contributed by atoms with van der Waals surface area (Å²) in [6, 6.07) is 4.62. The molecular formula is C11H15NO3. The first-order chi connectivity index (χ1) is 7.00. The minimum absolute atomic E-state index is 0.169. The first-order valence-corrected chi connectivity index (χ1v) is 4.76. The first-order valence-electron chi connectivity index (χ1n) is 4.76. The highest BCUT2D eigenvalue weighted by Crippen LogP contribution is 2.16. The molecule has 1 atom stereocenters. The summed E-state index contributed by atoms with van der Waals surface area (Å²) in [6.45, 7) is 3.54. The number of phenolic OH excluding ortho intramolecular Hbond substituents is 1. The van der Waals surface area contributed by atoms with E-state index >= 15 is 0 Å². The van der Waals surface area contributed by atoms with Gasteiger partial charge in [-0.05, 0) is 37.6 Å². The van der Waals surface area contributed by atoms with Crippen molar-refractivity contribution in [1.82, 2.24) is 5.32 Å². The van der Waals surface area contributed by atoms with Gasteiger partial charge < -0.3 is 15.5 Å². The second-order valence-electron chi connectivity index (χ2n) is 3.56. The van der Waals surface area contributed by atoms with Crippen LogP contribution >= 0.6 is 0 Å². The van der Waals surface area contributed by atoms with Gasteiger partial charge in [-0.1, -0.05) is 0 Å². The molecule has 1 amide bonds. The quantitative estimate of drug-likeness (QED) is 0.690. The lowest BCUT2D eigenvalue weighted by atomic mass is 10.1. The van der Waals surface area contributed by atoms with Crippen LogP contribution in [-0.2, 0) is 0 Å². The summed E-state index contributed by atoms with van der Waals surface area (Å²) in [5, 5.41) is 20.8. The molecule has 0 bridgehead atoms. The summed E-state index contributed by atoms with van der Waals surface area (Å²) in [7, 11) is 0. The molecule has 0 aliphatic rings. The van der Waals surface area contributed by atoms with E-state index in [0.717, 1.165) is 0 Å². The molecule has 0 saturated carbocycles. The van der Waals surface area contributed by atoms with Gasteiger partial charge in [-0.3, -0.25) is 4.79 Å². The van der Waals surface area contributed by atoms with Gasteiger partial charge in [-0.15, -0.1) is 0 Å². The highest BCUT2D eigenvalue weighted by atomic mass is 16.3.